The van der Waals surface area contributed by atoms with Crippen molar-refractivity contribution >= 4 is 23.0 Å². The SMILES string of the molecule is N#Cc1ccc(NC(N)=S)cc1.[H-].[Na+]. The Morgan fingerprint density at radius 1 is 1.46 bits per heavy atom. The molecule has 13 heavy (non-hydrogen) atoms. The van der Waals surface area contributed by atoms with E-state index in [0.29, 0.717) is 5.56 Å². The number of benzene rings is 1. The summed E-state index contributed by atoms with van der Waals surface area (Å²) in [7, 11) is 0. The van der Waals surface area contributed by atoms with Gasteiger partial charge in [0, 0.05) is 5.69 Å². The molecule has 0 heterocycles. The van der Waals surface area contributed by atoms with Gasteiger partial charge in [0.2, 0.25) is 0 Å². The van der Waals surface area contributed by atoms with Gasteiger partial charge in [-0.05, 0) is 36.5 Å². The normalized spacial score (nSPS) is 7.92. The van der Waals surface area contributed by atoms with Crippen LogP contribution in [-0.2, 0) is 0 Å². The van der Waals surface area contributed by atoms with Gasteiger partial charge < -0.3 is 12.5 Å². The van der Waals surface area contributed by atoms with Crippen LogP contribution in [0.25, 0.3) is 0 Å². The van der Waals surface area contributed by atoms with Crippen LogP contribution in [-0.4, -0.2) is 5.11 Å². The molecule has 5 heteroatoms. The number of rotatable bonds is 1. The Bertz CT molecular complexity index is 333. The number of nitrogens with one attached hydrogen (secondary N) is 1. The summed E-state index contributed by atoms with van der Waals surface area (Å²) >= 11 is 4.64. The average molecular weight is 201 g/mol. The summed E-state index contributed by atoms with van der Waals surface area (Å²) in [5.41, 5.74) is 6.66. The first kappa shape index (κ1) is 12.4. The molecular formula is C8H8N3NaS. The Kier molecular flexibility index (Phi) is 5.67. The van der Waals surface area contributed by atoms with E-state index < -0.39 is 0 Å². The van der Waals surface area contributed by atoms with E-state index in [1.165, 1.54) is 0 Å². The van der Waals surface area contributed by atoms with E-state index in [-0.39, 0.29) is 36.1 Å². The van der Waals surface area contributed by atoms with Crippen LogP contribution in [0, 0.1) is 11.3 Å². The fraction of sp³-hybridized carbons (Fsp3) is 0. The van der Waals surface area contributed by atoms with Crippen molar-refractivity contribution in [3.63, 3.8) is 0 Å². The molecule has 3 N–H and O–H groups in total. The summed E-state index contributed by atoms with van der Waals surface area (Å²) in [5.74, 6) is 0. The second-order valence-electron chi connectivity index (χ2n) is 2.18. The van der Waals surface area contributed by atoms with Gasteiger partial charge in [0.15, 0.2) is 5.11 Å². The van der Waals surface area contributed by atoms with Crippen molar-refractivity contribution in [1.82, 2.24) is 0 Å². The molecule has 0 spiro atoms. The smallest absolute Gasteiger partial charge is 1.00 e. The quantitative estimate of drug-likeness (QED) is 0.421. The average Bonchev–Trinajstić information content (AvgIpc) is 2.05. The summed E-state index contributed by atoms with van der Waals surface area (Å²) in [6.07, 6.45) is 0. The molecule has 0 aliphatic heterocycles. The van der Waals surface area contributed by atoms with Gasteiger partial charge in [-0.2, -0.15) is 5.26 Å². The van der Waals surface area contributed by atoms with Crippen LogP contribution in [0.15, 0.2) is 24.3 Å². The van der Waals surface area contributed by atoms with Crippen molar-refractivity contribution in [2.45, 2.75) is 0 Å². The largest absolute Gasteiger partial charge is 1.00 e. The first-order valence-corrected chi connectivity index (χ1v) is 3.70. The summed E-state index contributed by atoms with van der Waals surface area (Å²) in [6.45, 7) is 0. The topological polar surface area (TPSA) is 61.8 Å². The molecule has 0 fully saturated rings. The molecule has 1 aromatic carbocycles. The summed E-state index contributed by atoms with van der Waals surface area (Å²) in [6, 6.07) is 8.90. The standard InChI is InChI=1S/C8H7N3S.Na.H/c9-5-6-1-3-7(4-2-6)11-8(10)12;;/h1-4H,(H3,10,11,12);;/q;+1;-1. The first-order chi connectivity index (χ1) is 5.72. The van der Waals surface area contributed by atoms with Gasteiger partial charge in [-0.15, -0.1) is 0 Å². The van der Waals surface area contributed by atoms with E-state index in [0.717, 1.165) is 5.69 Å². The predicted molar refractivity (Wildman–Crippen MR) is 52.7 cm³/mol. The molecule has 3 nitrogen and oxygen atoms in total. The number of nitrogens with two attached hydrogens (primary N) is 1. The zero-order valence-electron chi connectivity index (χ0n) is 8.24. The van der Waals surface area contributed by atoms with Gasteiger partial charge in [-0.1, -0.05) is 0 Å². The fourth-order valence-corrected chi connectivity index (χ4v) is 0.888. The van der Waals surface area contributed by atoms with Crippen LogP contribution in [0.2, 0.25) is 0 Å². The number of hydrogen-bond donors (Lipinski definition) is 2. The third-order valence-corrected chi connectivity index (χ3v) is 1.38. The van der Waals surface area contributed by atoms with E-state index >= 15 is 0 Å². The molecule has 1 rings (SSSR count). The molecule has 0 aromatic heterocycles. The molecule has 0 unspecified atom stereocenters. The number of hydrogen-bond acceptors (Lipinski definition) is 2. The van der Waals surface area contributed by atoms with Gasteiger partial charge in [-0.3, -0.25) is 0 Å². The second-order valence-corrected chi connectivity index (χ2v) is 2.62. The Hall–Kier alpha value is -0.600. The zero-order valence-corrected chi connectivity index (χ0v) is 10.1. The van der Waals surface area contributed by atoms with Crippen LogP contribution in [0.4, 0.5) is 5.69 Å². The Morgan fingerprint density at radius 2 is 2.00 bits per heavy atom. The van der Waals surface area contributed by atoms with E-state index in [1.54, 1.807) is 24.3 Å². The fourth-order valence-electron chi connectivity index (χ4n) is 0.770. The second kappa shape index (κ2) is 5.95. The molecule has 1 aromatic rings. The van der Waals surface area contributed by atoms with Crippen molar-refractivity contribution in [2.24, 2.45) is 5.73 Å². The monoisotopic (exact) mass is 201 g/mol. The first-order valence-electron chi connectivity index (χ1n) is 3.29. The molecule has 0 aliphatic rings. The zero-order chi connectivity index (χ0) is 8.97. The number of thiocarbonyl (C=S) groups is 1. The maximum Gasteiger partial charge on any atom is 1.00 e. The maximum atomic E-state index is 8.49. The molecule has 0 aliphatic carbocycles. The molecule has 0 radical (unpaired) electrons. The Labute approximate surface area is 106 Å². The van der Waals surface area contributed by atoms with Crippen LogP contribution >= 0.6 is 12.2 Å². The van der Waals surface area contributed by atoms with Gasteiger partial charge in [-0.25, -0.2) is 0 Å². The van der Waals surface area contributed by atoms with Gasteiger partial charge >= 0.3 is 29.6 Å². The number of nitriles is 1. The van der Waals surface area contributed by atoms with E-state index in [2.05, 4.69) is 17.5 Å². The van der Waals surface area contributed by atoms with Crippen LogP contribution in [0.3, 0.4) is 0 Å². The minimum atomic E-state index is 0. The van der Waals surface area contributed by atoms with E-state index in [4.69, 9.17) is 11.0 Å². The molecule has 0 saturated heterocycles. The van der Waals surface area contributed by atoms with Gasteiger partial charge in [0.25, 0.3) is 0 Å². The molecular weight excluding hydrogens is 193 g/mol. The van der Waals surface area contributed by atoms with Crippen LogP contribution in [0.5, 0.6) is 0 Å². The third-order valence-electron chi connectivity index (χ3n) is 1.28. The third kappa shape index (κ3) is 4.25. The van der Waals surface area contributed by atoms with Gasteiger partial charge in [0.05, 0.1) is 11.6 Å². The minimum absolute atomic E-state index is 0. The minimum Gasteiger partial charge on any atom is -1.00 e. The van der Waals surface area contributed by atoms with Crippen molar-refractivity contribution in [3.05, 3.63) is 29.8 Å². The van der Waals surface area contributed by atoms with E-state index in [1.807, 2.05) is 6.07 Å². The molecule has 62 valence electrons. The van der Waals surface area contributed by atoms with Crippen LogP contribution in [0.1, 0.15) is 6.99 Å². The molecule has 0 atom stereocenters. The Morgan fingerprint density at radius 3 is 2.38 bits per heavy atom. The number of anilines is 1. The van der Waals surface area contributed by atoms with Crippen molar-refractivity contribution in [1.29, 1.82) is 5.26 Å². The summed E-state index contributed by atoms with van der Waals surface area (Å²) in [5, 5.41) is 11.5. The van der Waals surface area contributed by atoms with Crippen molar-refractivity contribution < 1.29 is 31.0 Å². The van der Waals surface area contributed by atoms with Crippen molar-refractivity contribution in [3.8, 4) is 6.07 Å². The molecule has 0 amide bonds. The molecule has 0 saturated carbocycles. The summed E-state index contributed by atoms with van der Waals surface area (Å²) < 4.78 is 0. The summed E-state index contributed by atoms with van der Waals surface area (Å²) in [4.78, 5) is 0. The predicted octanol–water partition coefficient (Wildman–Crippen LogP) is -1.67. The van der Waals surface area contributed by atoms with Gasteiger partial charge in [0.1, 0.15) is 0 Å². The van der Waals surface area contributed by atoms with Crippen molar-refractivity contribution in [2.75, 3.05) is 5.32 Å². The molecule has 0 bridgehead atoms. The Balaban J connectivity index is 0. The van der Waals surface area contributed by atoms with E-state index in [9.17, 15) is 0 Å². The maximum absolute atomic E-state index is 8.49. The van der Waals surface area contributed by atoms with Crippen LogP contribution < -0.4 is 40.6 Å². The number of nitrogens with zero attached hydrogens (tertiary/aromatic N) is 1.